The smallest absolute Gasteiger partial charge is 0.352 e. The lowest BCUT2D eigenvalue weighted by Crippen LogP contribution is -2.27. The van der Waals surface area contributed by atoms with Crippen molar-refractivity contribution in [1.29, 1.82) is 0 Å². The summed E-state index contributed by atoms with van der Waals surface area (Å²) in [5.74, 6) is -0.647. The molecule has 0 aliphatic carbocycles. The van der Waals surface area contributed by atoms with Crippen LogP contribution in [0.15, 0.2) is 48.2 Å². The van der Waals surface area contributed by atoms with E-state index in [2.05, 4.69) is 27.9 Å². The third kappa shape index (κ3) is 4.98. The van der Waals surface area contributed by atoms with Crippen LogP contribution in [0.1, 0.15) is 22.8 Å². The van der Waals surface area contributed by atoms with E-state index >= 15 is 0 Å². The number of halogens is 1. The number of nitrogens with one attached hydrogen (secondary N) is 1. The van der Waals surface area contributed by atoms with Gasteiger partial charge in [0.05, 0.1) is 17.3 Å². The van der Waals surface area contributed by atoms with Crippen molar-refractivity contribution >= 4 is 40.5 Å². The maximum atomic E-state index is 12.2. The minimum atomic E-state index is -1.24. The van der Waals surface area contributed by atoms with Crippen molar-refractivity contribution in [3.8, 4) is 11.5 Å². The van der Waals surface area contributed by atoms with E-state index in [0.29, 0.717) is 29.2 Å². The molecule has 136 valence electrons. The number of ether oxygens (including phenoxy) is 2. The topological polar surface area (TPSA) is 84.9 Å². The number of aliphatic carboxylic acids is 1. The Hall–Kier alpha value is -2.55. The number of hydrogen-bond acceptors (Lipinski definition) is 4. The summed E-state index contributed by atoms with van der Waals surface area (Å²) in [6.07, 6.45) is 1.38. The molecular formula is C19H18INO5. The molecule has 0 radical (unpaired) electrons. The fourth-order valence-electron chi connectivity index (χ4n) is 2.21. The average molecular weight is 467 g/mol. The molecule has 0 spiro atoms. The lowest BCUT2D eigenvalue weighted by molar-refractivity contribution is -0.132. The van der Waals surface area contributed by atoms with Gasteiger partial charge in [0.25, 0.3) is 5.91 Å². The minimum Gasteiger partial charge on any atom is -0.493 e. The molecule has 0 aromatic heterocycles. The first kappa shape index (κ1) is 19.8. The zero-order chi connectivity index (χ0) is 19.1. The molecule has 0 heterocycles. The van der Waals surface area contributed by atoms with Gasteiger partial charge in [-0.05, 0) is 65.4 Å². The van der Waals surface area contributed by atoms with Crippen LogP contribution in [-0.4, -0.2) is 30.7 Å². The Morgan fingerprint density at radius 1 is 1.23 bits per heavy atom. The van der Waals surface area contributed by atoms with Gasteiger partial charge in [0.15, 0.2) is 11.5 Å². The van der Waals surface area contributed by atoms with Gasteiger partial charge in [-0.25, -0.2) is 4.79 Å². The molecule has 0 bridgehead atoms. The highest BCUT2D eigenvalue weighted by atomic mass is 127. The number of carboxylic acids is 1. The molecule has 26 heavy (non-hydrogen) atoms. The van der Waals surface area contributed by atoms with E-state index in [1.807, 2.05) is 6.92 Å². The quantitative estimate of drug-likeness (QED) is 0.481. The Labute approximate surface area is 165 Å². The molecule has 0 fully saturated rings. The summed E-state index contributed by atoms with van der Waals surface area (Å²) in [5, 5.41) is 11.9. The van der Waals surface area contributed by atoms with E-state index in [9.17, 15) is 14.7 Å². The van der Waals surface area contributed by atoms with Crippen LogP contribution in [0.3, 0.4) is 0 Å². The minimum absolute atomic E-state index is 0.235. The highest BCUT2D eigenvalue weighted by Gasteiger charge is 2.15. The third-order valence-electron chi connectivity index (χ3n) is 3.37. The Balaban J connectivity index is 2.35. The van der Waals surface area contributed by atoms with E-state index in [4.69, 9.17) is 9.47 Å². The van der Waals surface area contributed by atoms with Crippen molar-refractivity contribution in [2.24, 2.45) is 0 Å². The number of benzene rings is 2. The van der Waals surface area contributed by atoms with Crippen LogP contribution in [0, 0.1) is 3.57 Å². The molecule has 1 amide bonds. The highest BCUT2D eigenvalue weighted by Crippen LogP contribution is 2.34. The Bertz CT molecular complexity index is 833. The lowest BCUT2D eigenvalue weighted by atomic mass is 10.1. The van der Waals surface area contributed by atoms with Crippen molar-refractivity contribution < 1.29 is 24.2 Å². The van der Waals surface area contributed by atoms with Gasteiger partial charge >= 0.3 is 5.97 Å². The monoisotopic (exact) mass is 467 g/mol. The van der Waals surface area contributed by atoms with Crippen LogP contribution in [0.2, 0.25) is 0 Å². The Kier molecular flexibility index (Phi) is 7.02. The van der Waals surface area contributed by atoms with Gasteiger partial charge in [0, 0.05) is 5.56 Å². The van der Waals surface area contributed by atoms with Crippen molar-refractivity contribution in [3.63, 3.8) is 0 Å². The molecule has 0 aliphatic rings. The predicted molar refractivity (Wildman–Crippen MR) is 106 cm³/mol. The number of rotatable bonds is 7. The molecule has 2 aromatic carbocycles. The first-order valence-electron chi connectivity index (χ1n) is 7.78. The first-order valence-corrected chi connectivity index (χ1v) is 8.85. The Morgan fingerprint density at radius 3 is 2.50 bits per heavy atom. The summed E-state index contributed by atoms with van der Waals surface area (Å²) in [6.45, 7) is 2.35. The summed E-state index contributed by atoms with van der Waals surface area (Å²) < 4.78 is 11.6. The summed E-state index contributed by atoms with van der Waals surface area (Å²) in [7, 11) is 1.51. The van der Waals surface area contributed by atoms with Gasteiger partial charge in [-0.15, -0.1) is 0 Å². The number of carbonyl (C=O) groups is 2. The largest absolute Gasteiger partial charge is 0.493 e. The van der Waals surface area contributed by atoms with Gasteiger partial charge in [0.2, 0.25) is 0 Å². The van der Waals surface area contributed by atoms with Crippen LogP contribution >= 0.6 is 22.6 Å². The number of carbonyl (C=O) groups excluding carboxylic acids is 1. The Morgan fingerprint density at radius 2 is 1.92 bits per heavy atom. The van der Waals surface area contributed by atoms with Crippen molar-refractivity contribution in [3.05, 3.63) is 62.9 Å². The van der Waals surface area contributed by atoms with E-state index in [1.54, 1.807) is 42.5 Å². The van der Waals surface area contributed by atoms with Gasteiger partial charge in [0.1, 0.15) is 5.70 Å². The third-order valence-corrected chi connectivity index (χ3v) is 4.17. The molecule has 2 rings (SSSR count). The zero-order valence-electron chi connectivity index (χ0n) is 14.3. The molecule has 2 N–H and O–H groups in total. The highest BCUT2D eigenvalue weighted by molar-refractivity contribution is 14.1. The molecule has 7 heteroatoms. The summed E-state index contributed by atoms with van der Waals surface area (Å²) in [6, 6.07) is 11.8. The lowest BCUT2D eigenvalue weighted by Gasteiger charge is -2.13. The summed E-state index contributed by atoms with van der Waals surface area (Å²) in [5.41, 5.74) is 0.708. The maximum absolute atomic E-state index is 12.2. The fraction of sp³-hybridized carbons (Fsp3) is 0.158. The SMILES string of the molecule is CCOc1c(I)cc(/C=C(/NC(=O)c2ccccc2)C(=O)O)cc1OC. The molecule has 0 unspecified atom stereocenters. The summed E-state index contributed by atoms with van der Waals surface area (Å²) in [4.78, 5) is 23.8. The number of methoxy groups -OCH3 is 1. The molecule has 0 atom stereocenters. The standard InChI is InChI=1S/C19H18INO5/c1-3-26-17-14(20)9-12(11-16(17)25-2)10-15(19(23)24)21-18(22)13-7-5-4-6-8-13/h4-11H,3H2,1-2H3,(H,21,22)(H,23,24)/b15-10+. The number of carboxylic acid groups (broad SMARTS) is 1. The second-order valence-corrected chi connectivity index (χ2v) is 6.31. The second-order valence-electron chi connectivity index (χ2n) is 5.15. The van der Waals surface area contributed by atoms with E-state index in [1.165, 1.54) is 13.2 Å². The van der Waals surface area contributed by atoms with Crippen LogP contribution in [-0.2, 0) is 4.79 Å². The van der Waals surface area contributed by atoms with Crippen LogP contribution in [0.5, 0.6) is 11.5 Å². The summed E-state index contributed by atoms with van der Waals surface area (Å²) >= 11 is 2.09. The van der Waals surface area contributed by atoms with Crippen molar-refractivity contribution in [1.82, 2.24) is 5.32 Å². The molecular weight excluding hydrogens is 449 g/mol. The van der Waals surface area contributed by atoms with Crippen molar-refractivity contribution in [2.75, 3.05) is 13.7 Å². The molecule has 0 saturated carbocycles. The van der Waals surface area contributed by atoms with Gasteiger partial charge in [-0.2, -0.15) is 0 Å². The van der Waals surface area contributed by atoms with Crippen LogP contribution in [0.4, 0.5) is 0 Å². The zero-order valence-corrected chi connectivity index (χ0v) is 16.4. The van der Waals surface area contributed by atoms with Gasteiger partial charge < -0.3 is 19.9 Å². The molecule has 6 nitrogen and oxygen atoms in total. The van der Waals surface area contributed by atoms with E-state index in [0.717, 1.165) is 3.57 Å². The molecule has 2 aromatic rings. The second kappa shape index (κ2) is 9.23. The molecule has 0 saturated heterocycles. The normalized spacial score (nSPS) is 11.0. The average Bonchev–Trinajstić information content (AvgIpc) is 2.63. The number of amides is 1. The fourth-order valence-corrected chi connectivity index (χ4v) is 2.99. The molecule has 0 aliphatic heterocycles. The van der Waals surface area contributed by atoms with E-state index < -0.39 is 11.9 Å². The van der Waals surface area contributed by atoms with E-state index in [-0.39, 0.29) is 5.70 Å². The number of hydrogen-bond donors (Lipinski definition) is 2. The van der Waals surface area contributed by atoms with Crippen LogP contribution in [0.25, 0.3) is 6.08 Å². The van der Waals surface area contributed by atoms with Gasteiger partial charge in [-0.1, -0.05) is 18.2 Å². The van der Waals surface area contributed by atoms with Crippen LogP contribution < -0.4 is 14.8 Å². The maximum Gasteiger partial charge on any atom is 0.352 e. The van der Waals surface area contributed by atoms with Gasteiger partial charge in [-0.3, -0.25) is 4.79 Å². The van der Waals surface area contributed by atoms with Crippen molar-refractivity contribution in [2.45, 2.75) is 6.92 Å². The predicted octanol–water partition coefficient (Wildman–Crippen LogP) is 3.55. The first-order chi connectivity index (χ1) is 12.5.